The molecule has 0 radical (unpaired) electrons. The smallest absolute Gasteiger partial charge is 0.247 e. The zero-order chi connectivity index (χ0) is 24.4. The molecule has 0 aromatic heterocycles. The van der Waals surface area contributed by atoms with Gasteiger partial charge in [-0.15, -0.1) is 0 Å². The largest absolute Gasteiger partial charge is 0.352 e. The van der Waals surface area contributed by atoms with Gasteiger partial charge in [0, 0.05) is 12.6 Å². The number of nitrogens with zero attached hydrogens (tertiary/aromatic N) is 1. The maximum atomic E-state index is 14.6. The summed E-state index contributed by atoms with van der Waals surface area (Å²) in [6, 6.07) is 12.1. The van der Waals surface area contributed by atoms with Gasteiger partial charge in [-0.25, -0.2) is 12.8 Å². The van der Waals surface area contributed by atoms with Gasteiger partial charge in [0.05, 0.1) is 0 Å². The predicted molar refractivity (Wildman–Crippen MR) is 131 cm³/mol. The van der Waals surface area contributed by atoms with Gasteiger partial charge in [0.15, 0.2) is 0 Å². The molecule has 2 atom stereocenters. The van der Waals surface area contributed by atoms with E-state index in [-0.39, 0.29) is 35.2 Å². The number of amides is 1. The van der Waals surface area contributed by atoms with Gasteiger partial charge in [0.25, 0.3) is 0 Å². The third-order valence-electron chi connectivity index (χ3n) is 9.29. The average Bonchev–Trinajstić information content (AvgIpc) is 2.82. The average molecular weight is 497 g/mol. The van der Waals surface area contributed by atoms with Gasteiger partial charge in [-0.3, -0.25) is 4.79 Å². The quantitative estimate of drug-likeness (QED) is 0.655. The molecule has 186 valence electrons. The Morgan fingerprint density at radius 2 is 1.54 bits per heavy atom. The van der Waals surface area contributed by atoms with Crippen LogP contribution in [0.25, 0.3) is 0 Å². The maximum Gasteiger partial charge on any atom is 0.247 e. The van der Waals surface area contributed by atoms with E-state index in [0.29, 0.717) is 0 Å². The van der Waals surface area contributed by atoms with E-state index in [1.165, 1.54) is 41.8 Å². The number of carbonyl (C=O) groups is 1. The van der Waals surface area contributed by atoms with Crippen LogP contribution in [0.4, 0.5) is 4.39 Å². The zero-order valence-electron chi connectivity index (χ0n) is 20.1. The number of benzene rings is 2. The Hall–Kier alpha value is -2.25. The second-order valence-corrected chi connectivity index (χ2v) is 13.3. The first kappa shape index (κ1) is 23.2. The number of nitrogens with one attached hydrogen (secondary N) is 1. The van der Waals surface area contributed by atoms with Gasteiger partial charge in [0.1, 0.15) is 16.8 Å². The Morgan fingerprint density at radius 3 is 2.17 bits per heavy atom. The maximum absolute atomic E-state index is 14.6. The highest BCUT2D eigenvalue weighted by molar-refractivity contribution is 7.89. The van der Waals surface area contributed by atoms with Crippen LogP contribution in [0, 0.1) is 29.0 Å². The fourth-order valence-electron chi connectivity index (χ4n) is 7.93. The van der Waals surface area contributed by atoms with Crippen molar-refractivity contribution in [1.82, 2.24) is 9.62 Å². The van der Waals surface area contributed by atoms with E-state index in [9.17, 15) is 17.6 Å². The molecule has 4 fully saturated rings. The summed E-state index contributed by atoms with van der Waals surface area (Å²) >= 11 is 0. The van der Waals surface area contributed by atoms with Gasteiger partial charge in [-0.05, 0) is 98.3 Å². The summed E-state index contributed by atoms with van der Waals surface area (Å²) in [6.07, 6.45) is 7.74. The Balaban J connectivity index is 1.30. The second-order valence-electron chi connectivity index (χ2n) is 11.5. The minimum absolute atomic E-state index is 0.0152. The van der Waals surface area contributed by atoms with Gasteiger partial charge < -0.3 is 5.32 Å². The molecule has 0 spiro atoms. The first-order valence-electron chi connectivity index (χ1n) is 12.9. The van der Waals surface area contributed by atoms with Gasteiger partial charge in [-0.2, -0.15) is 4.31 Å². The molecule has 2 aromatic rings. The number of halogens is 1. The third kappa shape index (κ3) is 3.91. The van der Waals surface area contributed by atoms with Crippen molar-refractivity contribution in [2.75, 3.05) is 0 Å². The monoisotopic (exact) mass is 496 g/mol. The molecule has 0 saturated heterocycles. The fourth-order valence-corrected chi connectivity index (χ4v) is 9.56. The molecule has 5 aliphatic rings. The topological polar surface area (TPSA) is 66.5 Å². The molecular formula is C28H33FN2O3S. The number of sulfonamides is 1. The number of fused-ring (bicyclic) bond motifs is 1. The van der Waals surface area contributed by atoms with Crippen molar-refractivity contribution < 1.29 is 17.6 Å². The third-order valence-corrected chi connectivity index (χ3v) is 11.2. The molecule has 7 rings (SSSR count). The van der Waals surface area contributed by atoms with Crippen molar-refractivity contribution in [1.29, 1.82) is 0 Å². The van der Waals surface area contributed by atoms with Gasteiger partial charge in [-0.1, -0.05) is 36.4 Å². The molecule has 35 heavy (non-hydrogen) atoms. The molecule has 1 N–H and O–H groups in total. The lowest BCUT2D eigenvalue weighted by molar-refractivity contribution is -0.130. The van der Waals surface area contributed by atoms with Crippen LogP contribution in [-0.4, -0.2) is 30.7 Å². The van der Waals surface area contributed by atoms with Crippen molar-refractivity contribution in [2.24, 2.45) is 23.2 Å². The zero-order valence-corrected chi connectivity index (χ0v) is 20.9. The molecule has 0 unspecified atom stereocenters. The minimum atomic E-state index is -4.21. The van der Waals surface area contributed by atoms with Crippen molar-refractivity contribution in [3.63, 3.8) is 0 Å². The van der Waals surface area contributed by atoms with Gasteiger partial charge in [0.2, 0.25) is 15.9 Å². The van der Waals surface area contributed by atoms with E-state index in [1.54, 1.807) is 0 Å². The van der Waals surface area contributed by atoms with Crippen LogP contribution < -0.4 is 5.32 Å². The van der Waals surface area contributed by atoms with Crippen LogP contribution in [0.5, 0.6) is 0 Å². The highest BCUT2D eigenvalue weighted by Crippen LogP contribution is 2.61. The molecular weight excluding hydrogens is 463 g/mol. The summed E-state index contributed by atoms with van der Waals surface area (Å²) in [5.74, 6) is 1.22. The Labute approximate surface area is 207 Å². The summed E-state index contributed by atoms with van der Waals surface area (Å²) in [5.41, 5.74) is 1.94. The summed E-state index contributed by atoms with van der Waals surface area (Å²) in [5, 5.41) is 3.27. The summed E-state index contributed by atoms with van der Waals surface area (Å²) in [6.45, 7) is 2.16. The standard InChI is InChI=1S/C28H33FN2O3S/c1-18(28-14-19-10-20(15-28)12-21(11-19)16-28)30-27(32)25-13-22-6-2-3-7-23(22)17-31(25)35(33,34)26-9-5-4-8-24(26)29/h2-9,18-21,25H,10-17H2,1H3,(H,30,32)/t18-,19?,20?,21?,25+,28?/m0/s1. The van der Waals surface area contributed by atoms with Crippen LogP contribution >= 0.6 is 0 Å². The number of hydrogen-bond acceptors (Lipinski definition) is 3. The van der Waals surface area contributed by atoms with E-state index >= 15 is 0 Å². The summed E-state index contributed by atoms with van der Waals surface area (Å²) in [4.78, 5) is 13.4. The van der Waals surface area contributed by atoms with E-state index in [2.05, 4.69) is 12.2 Å². The van der Waals surface area contributed by atoms with Crippen LogP contribution in [-0.2, 0) is 27.8 Å². The van der Waals surface area contributed by atoms with Crippen LogP contribution in [0.1, 0.15) is 56.6 Å². The highest BCUT2D eigenvalue weighted by atomic mass is 32.2. The Morgan fingerprint density at radius 1 is 0.971 bits per heavy atom. The van der Waals surface area contributed by atoms with E-state index in [1.807, 2.05) is 24.3 Å². The first-order chi connectivity index (χ1) is 16.7. The predicted octanol–water partition coefficient (Wildman–Crippen LogP) is 4.66. The molecule has 5 nitrogen and oxygen atoms in total. The van der Waals surface area contributed by atoms with E-state index in [4.69, 9.17) is 0 Å². The number of carbonyl (C=O) groups excluding carboxylic acids is 1. The molecule has 4 saturated carbocycles. The molecule has 7 heteroatoms. The molecule has 1 heterocycles. The van der Waals surface area contributed by atoms with Crippen molar-refractivity contribution >= 4 is 15.9 Å². The van der Waals surface area contributed by atoms with Crippen molar-refractivity contribution in [3.05, 3.63) is 65.5 Å². The van der Waals surface area contributed by atoms with Crippen molar-refractivity contribution in [2.45, 2.75) is 75.4 Å². The Bertz CT molecular complexity index is 1230. The highest BCUT2D eigenvalue weighted by Gasteiger charge is 2.54. The summed E-state index contributed by atoms with van der Waals surface area (Å²) in [7, 11) is -4.21. The lowest BCUT2D eigenvalue weighted by Gasteiger charge is -2.59. The summed E-state index contributed by atoms with van der Waals surface area (Å²) < 4.78 is 43.1. The lowest BCUT2D eigenvalue weighted by atomic mass is 9.48. The normalized spacial score (nSPS) is 32.7. The fraction of sp³-hybridized carbons (Fsp3) is 0.536. The first-order valence-corrected chi connectivity index (χ1v) is 14.3. The van der Waals surface area contributed by atoms with Crippen LogP contribution in [0.15, 0.2) is 53.4 Å². The molecule has 4 bridgehead atoms. The molecule has 2 aromatic carbocycles. The lowest BCUT2D eigenvalue weighted by Crippen LogP contribution is -2.59. The second kappa shape index (κ2) is 8.41. The van der Waals surface area contributed by atoms with E-state index in [0.717, 1.165) is 54.2 Å². The van der Waals surface area contributed by atoms with Crippen LogP contribution in [0.2, 0.25) is 0 Å². The van der Waals surface area contributed by atoms with E-state index < -0.39 is 21.9 Å². The molecule has 4 aliphatic carbocycles. The SMILES string of the molecule is C[C@H](NC(=O)[C@H]1Cc2ccccc2CN1S(=O)(=O)c1ccccc1F)C12CC3CC(CC(C3)C1)C2. The Kier molecular flexibility index (Phi) is 5.57. The van der Waals surface area contributed by atoms with Crippen molar-refractivity contribution in [3.8, 4) is 0 Å². The van der Waals surface area contributed by atoms with Crippen LogP contribution in [0.3, 0.4) is 0 Å². The number of rotatable bonds is 5. The molecule has 1 amide bonds. The van der Waals surface area contributed by atoms with Gasteiger partial charge >= 0.3 is 0 Å². The number of hydrogen-bond donors (Lipinski definition) is 1. The minimum Gasteiger partial charge on any atom is -0.352 e. The molecule has 1 aliphatic heterocycles.